The summed E-state index contributed by atoms with van der Waals surface area (Å²) in [5, 5.41) is 0. The van der Waals surface area contributed by atoms with Gasteiger partial charge in [0.25, 0.3) is 0 Å². The van der Waals surface area contributed by atoms with Crippen LogP contribution in [0.5, 0.6) is 0 Å². The largest absolute Gasteiger partial charge is 0.348 e. The third kappa shape index (κ3) is 2.68. The molecule has 0 aromatic carbocycles. The number of nitrogens with zero attached hydrogens (tertiary/aromatic N) is 1. The molecule has 0 spiro atoms. The predicted molar refractivity (Wildman–Crippen MR) is 75.2 cm³/mol. The van der Waals surface area contributed by atoms with Crippen LogP contribution in [0.2, 0.25) is 0 Å². The van der Waals surface area contributed by atoms with E-state index in [0.717, 1.165) is 24.8 Å². The molecule has 0 saturated carbocycles. The van der Waals surface area contributed by atoms with Gasteiger partial charge in [0.1, 0.15) is 0 Å². The molecule has 1 heterocycles. The minimum Gasteiger partial charge on any atom is -0.348 e. The smallest absolute Gasteiger partial charge is 0.164 e. The number of ketones is 1. The number of unbranched alkanes of at least 4 members (excludes halogenated alkanes) is 1. The Balaban J connectivity index is 2.22. The lowest BCUT2D eigenvalue weighted by Crippen LogP contribution is -2.16. The second-order valence-corrected chi connectivity index (χ2v) is 5.44. The molecule has 1 aliphatic carbocycles. The lowest BCUT2D eigenvalue weighted by molar-refractivity contribution is 0.0971. The van der Waals surface area contributed by atoms with E-state index in [1.165, 1.54) is 37.8 Å². The van der Waals surface area contributed by atoms with E-state index in [0.29, 0.717) is 11.8 Å². The van der Waals surface area contributed by atoms with Gasteiger partial charge in [0.2, 0.25) is 0 Å². The maximum atomic E-state index is 11.9. The molecule has 0 aliphatic heterocycles. The maximum absolute atomic E-state index is 11.9. The average Bonchev–Trinajstić information content (AvgIpc) is 2.80. The molecule has 0 saturated heterocycles. The molecule has 2 rings (SSSR count). The van der Waals surface area contributed by atoms with E-state index in [9.17, 15) is 4.79 Å². The monoisotopic (exact) mass is 247 g/mol. The Morgan fingerprint density at radius 1 is 1.22 bits per heavy atom. The van der Waals surface area contributed by atoms with E-state index >= 15 is 0 Å². The van der Waals surface area contributed by atoms with Gasteiger partial charge in [0.05, 0.1) is 0 Å². The van der Waals surface area contributed by atoms with Crippen LogP contribution in [0.15, 0.2) is 12.3 Å². The Labute approximate surface area is 110 Å². The van der Waals surface area contributed by atoms with E-state index in [1.54, 1.807) is 0 Å². The van der Waals surface area contributed by atoms with Crippen molar-refractivity contribution in [1.82, 2.24) is 4.57 Å². The molecule has 0 amide bonds. The number of carbonyl (C=O) groups excluding carboxylic acids is 1. The molecule has 2 heteroatoms. The molecule has 1 aromatic rings. The number of aromatic nitrogens is 1. The predicted octanol–water partition coefficient (Wildman–Crippen LogP) is 4.54. The van der Waals surface area contributed by atoms with Gasteiger partial charge in [-0.3, -0.25) is 4.79 Å². The molecule has 0 fully saturated rings. The summed E-state index contributed by atoms with van der Waals surface area (Å²) in [4.78, 5) is 11.9. The van der Waals surface area contributed by atoms with Crippen LogP contribution in [-0.2, 0) is 6.42 Å². The van der Waals surface area contributed by atoms with Gasteiger partial charge in [-0.15, -0.1) is 0 Å². The fourth-order valence-electron chi connectivity index (χ4n) is 3.09. The van der Waals surface area contributed by atoms with Crippen molar-refractivity contribution >= 4 is 5.78 Å². The van der Waals surface area contributed by atoms with Crippen LogP contribution in [0.25, 0.3) is 0 Å². The topological polar surface area (TPSA) is 22.0 Å². The van der Waals surface area contributed by atoms with E-state index in [-0.39, 0.29) is 0 Å². The molecule has 2 nitrogen and oxygen atoms in total. The zero-order chi connectivity index (χ0) is 13.0. The lowest BCUT2D eigenvalue weighted by atomic mass is 9.96. The quantitative estimate of drug-likeness (QED) is 0.723. The van der Waals surface area contributed by atoms with Crippen molar-refractivity contribution in [3.63, 3.8) is 0 Å². The molecular formula is C16H25NO. The number of fused-ring (bicyclic) bond motifs is 1. The van der Waals surface area contributed by atoms with Gasteiger partial charge in [-0.25, -0.2) is 0 Å². The summed E-state index contributed by atoms with van der Waals surface area (Å²) in [6.45, 7) is 4.50. The van der Waals surface area contributed by atoms with Crippen LogP contribution in [0.3, 0.4) is 0 Å². The van der Waals surface area contributed by atoms with Crippen LogP contribution in [-0.4, -0.2) is 10.4 Å². The molecule has 1 unspecified atom stereocenters. The fraction of sp³-hybridized carbons (Fsp3) is 0.688. The SMILES string of the molecule is CCCCC(CCC)n1ccc2c1CCCC2=O. The van der Waals surface area contributed by atoms with Crippen molar-refractivity contribution in [1.29, 1.82) is 0 Å². The second kappa shape index (κ2) is 6.21. The molecule has 0 bridgehead atoms. The molecule has 0 radical (unpaired) electrons. The zero-order valence-corrected chi connectivity index (χ0v) is 11.7. The van der Waals surface area contributed by atoms with Gasteiger partial charge >= 0.3 is 0 Å². The second-order valence-electron chi connectivity index (χ2n) is 5.44. The van der Waals surface area contributed by atoms with Crippen LogP contribution >= 0.6 is 0 Å². The highest BCUT2D eigenvalue weighted by atomic mass is 16.1. The highest BCUT2D eigenvalue weighted by Gasteiger charge is 2.23. The first-order valence-electron chi connectivity index (χ1n) is 7.50. The molecule has 18 heavy (non-hydrogen) atoms. The van der Waals surface area contributed by atoms with Crippen molar-refractivity contribution in [3.05, 3.63) is 23.5 Å². The number of Topliss-reactive ketones (excluding diaryl/α,β-unsaturated/α-hetero) is 1. The minimum atomic E-state index is 0.348. The summed E-state index contributed by atoms with van der Waals surface area (Å²) in [6.07, 6.45) is 11.2. The van der Waals surface area contributed by atoms with Gasteiger partial charge in [-0.05, 0) is 31.7 Å². The number of rotatable bonds is 6. The van der Waals surface area contributed by atoms with Gasteiger partial charge < -0.3 is 4.57 Å². The first-order chi connectivity index (χ1) is 8.77. The zero-order valence-electron chi connectivity index (χ0n) is 11.7. The molecule has 1 aliphatic rings. The third-order valence-corrected chi connectivity index (χ3v) is 4.05. The maximum Gasteiger partial charge on any atom is 0.164 e. The van der Waals surface area contributed by atoms with Crippen molar-refractivity contribution in [2.75, 3.05) is 0 Å². The first kappa shape index (κ1) is 13.4. The van der Waals surface area contributed by atoms with E-state index in [2.05, 4.69) is 24.6 Å². The fourth-order valence-corrected chi connectivity index (χ4v) is 3.09. The lowest BCUT2D eigenvalue weighted by Gasteiger charge is -2.23. The summed E-state index contributed by atoms with van der Waals surface area (Å²) in [7, 11) is 0. The highest BCUT2D eigenvalue weighted by Crippen LogP contribution is 2.29. The van der Waals surface area contributed by atoms with E-state index < -0.39 is 0 Å². The summed E-state index contributed by atoms with van der Waals surface area (Å²) < 4.78 is 2.41. The van der Waals surface area contributed by atoms with Gasteiger partial charge in [0.15, 0.2) is 5.78 Å². The number of hydrogen-bond acceptors (Lipinski definition) is 1. The summed E-state index contributed by atoms with van der Waals surface area (Å²) in [6, 6.07) is 2.65. The molecular weight excluding hydrogens is 222 g/mol. The Hall–Kier alpha value is -1.05. The third-order valence-electron chi connectivity index (χ3n) is 4.05. The highest BCUT2D eigenvalue weighted by molar-refractivity contribution is 5.98. The number of carbonyl (C=O) groups is 1. The van der Waals surface area contributed by atoms with Gasteiger partial charge in [-0.1, -0.05) is 33.1 Å². The minimum absolute atomic E-state index is 0.348. The van der Waals surface area contributed by atoms with Crippen LogP contribution in [0, 0.1) is 0 Å². The van der Waals surface area contributed by atoms with E-state index in [4.69, 9.17) is 0 Å². The van der Waals surface area contributed by atoms with E-state index in [1.807, 2.05) is 6.07 Å². The normalized spacial score (nSPS) is 16.7. The van der Waals surface area contributed by atoms with Crippen molar-refractivity contribution < 1.29 is 4.79 Å². The Kier molecular flexibility index (Phi) is 4.62. The average molecular weight is 247 g/mol. The van der Waals surface area contributed by atoms with Crippen molar-refractivity contribution in [2.24, 2.45) is 0 Å². The van der Waals surface area contributed by atoms with Gasteiger partial charge in [0, 0.05) is 29.9 Å². The number of hydrogen-bond donors (Lipinski definition) is 0. The first-order valence-corrected chi connectivity index (χ1v) is 7.50. The van der Waals surface area contributed by atoms with Crippen molar-refractivity contribution in [2.45, 2.75) is 71.3 Å². The van der Waals surface area contributed by atoms with Crippen LogP contribution in [0.4, 0.5) is 0 Å². The Bertz CT molecular complexity index is 405. The van der Waals surface area contributed by atoms with Crippen LogP contribution < -0.4 is 0 Å². The molecule has 1 aromatic heterocycles. The molecule has 1 atom stereocenters. The summed E-state index contributed by atoms with van der Waals surface area (Å²) in [5.41, 5.74) is 2.31. The Morgan fingerprint density at radius 2 is 2.06 bits per heavy atom. The van der Waals surface area contributed by atoms with Crippen molar-refractivity contribution in [3.8, 4) is 0 Å². The molecule has 100 valence electrons. The molecule has 0 N–H and O–H groups in total. The standard InChI is InChI=1S/C16H25NO/c1-3-5-8-13(7-4-2)17-12-11-14-15(17)9-6-10-16(14)18/h11-13H,3-10H2,1-2H3. The Morgan fingerprint density at radius 3 is 2.78 bits per heavy atom. The summed E-state index contributed by atoms with van der Waals surface area (Å²) >= 11 is 0. The van der Waals surface area contributed by atoms with Crippen LogP contribution in [0.1, 0.15) is 80.9 Å². The van der Waals surface area contributed by atoms with Gasteiger partial charge in [-0.2, -0.15) is 0 Å². The summed E-state index contributed by atoms with van der Waals surface area (Å²) in [5.74, 6) is 0.348.